The first-order chi connectivity index (χ1) is 15.7. The number of anilines is 4. The van der Waals surface area contributed by atoms with Crippen LogP contribution in [0.3, 0.4) is 0 Å². The van der Waals surface area contributed by atoms with Crippen molar-refractivity contribution in [3.05, 3.63) is 59.4 Å². The van der Waals surface area contributed by atoms with E-state index < -0.39 is 6.36 Å². The summed E-state index contributed by atoms with van der Waals surface area (Å²) in [5.41, 5.74) is 3.93. The van der Waals surface area contributed by atoms with Crippen molar-refractivity contribution < 1.29 is 22.7 Å². The summed E-state index contributed by atoms with van der Waals surface area (Å²) < 4.78 is 41.4. The van der Waals surface area contributed by atoms with Crippen LogP contribution in [0.2, 0.25) is 0 Å². The van der Waals surface area contributed by atoms with Gasteiger partial charge in [0.15, 0.2) is 0 Å². The fraction of sp³-hybridized carbons (Fsp3) is 0.273. The van der Waals surface area contributed by atoms with Gasteiger partial charge in [0.2, 0.25) is 17.8 Å². The summed E-state index contributed by atoms with van der Waals surface area (Å²) in [7, 11) is 0. The molecule has 0 atom stereocenters. The first-order valence-corrected chi connectivity index (χ1v) is 10.1. The molecule has 172 valence electrons. The highest BCUT2D eigenvalue weighted by Crippen LogP contribution is 2.30. The fourth-order valence-electron chi connectivity index (χ4n) is 3.61. The van der Waals surface area contributed by atoms with Gasteiger partial charge in [-0.05, 0) is 54.3 Å². The molecule has 1 aliphatic heterocycles. The van der Waals surface area contributed by atoms with Crippen molar-refractivity contribution >= 4 is 29.2 Å². The van der Waals surface area contributed by atoms with Crippen LogP contribution in [0.25, 0.3) is 0 Å². The molecule has 4 rings (SSSR count). The number of nitrogens with one attached hydrogen (secondary N) is 2. The van der Waals surface area contributed by atoms with Gasteiger partial charge in [-0.25, -0.2) is 9.97 Å². The molecule has 1 aromatic heterocycles. The molecule has 0 spiro atoms. The van der Waals surface area contributed by atoms with E-state index in [0.29, 0.717) is 37.1 Å². The first-order valence-electron chi connectivity index (χ1n) is 10.1. The molecule has 8 nitrogen and oxygen atoms in total. The van der Waals surface area contributed by atoms with E-state index in [-0.39, 0.29) is 11.7 Å². The molecular formula is C22H21F3N6O2. The van der Waals surface area contributed by atoms with Crippen molar-refractivity contribution in [1.82, 2.24) is 15.0 Å². The summed E-state index contributed by atoms with van der Waals surface area (Å²) in [6, 6.07) is 9.81. The van der Waals surface area contributed by atoms with Crippen LogP contribution in [0.4, 0.5) is 36.4 Å². The van der Waals surface area contributed by atoms with Crippen LogP contribution in [-0.4, -0.2) is 33.8 Å². The number of carbonyl (C=O) groups excluding carboxylic acids is 1. The fourth-order valence-corrected chi connectivity index (χ4v) is 3.61. The Hall–Kier alpha value is -3.89. The van der Waals surface area contributed by atoms with Crippen LogP contribution in [-0.2, 0) is 17.8 Å². The largest absolute Gasteiger partial charge is 0.573 e. The van der Waals surface area contributed by atoms with Crippen LogP contribution in [0.1, 0.15) is 23.6 Å². The van der Waals surface area contributed by atoms with E-state index in [0.717, 1.165) is 22.4 Å². The number of halogens is 3. The molecule has 1 aliphatic rings. The summed E-state index contributed by atoms with van der Waals surface area (Å²) >= 11 is 0. The number of amides is 1. The van der Waals surface area contributed by atoms with E-state index in [1.807, 2.05) is 17.9 Å². The lowest BCUT2D eigenvalue weighted by Crippen LogP contribution is -2.32. The van der Waals surface area contributed by atoms with E-state index in [2.05, 4.69) is 30.3 Å². The number of ether oxygens (including phenoxy) is 1. The maximum absolute atomic E-state index is 12.5. The Morgan fingerprint density at radius 2 is 1.91 bits per heavy atom. The molecule has 33 heavy (non-hydrogen) atoms. The van der Waals surface area contributed by atoms with Gasteiger partial charge in [0, 0.05) is 31.4 Å². The zero-order valence-corrected chi connectivity index (χ0v) is 17.9. The number of rotatable bonds is 5. The number of alkyl halides is 3. The molecular weight excluding hydrogens is 437 g/mol. The maximum Gasteiger partial charge on any atom is 0.573 e. The Labute approximate surface area is 187 Å². The third kappa shape index (κ3) is 5.48. The van der Waals surface area contributed by atoms with Crippen LogP contribution in [0, 0.1) is 6.92 Å². The monoisotopic (exact) mass is 458 g/mol. The molecule has 0 fully saturated rings. The second-order valence-corrected chi connectivity index (χ2v) is 7.54. The summed E-state index contributed by atoms with van der Waals surface area (Å²) in [4.78, 5) is 26.3. The van der Waals surface area contributed by atoms with Gasteiger partial charge < -0.3 is 20.3 Å². The molecule has 1 amide bonds. The smallest absolute Gasteiger partial charge is 0.406 e. The lowest BCUT2D eigenvalue weighted by Gasteiger charge is -2.29. The minimum Gasteiger partial charge on any atom is -0.406 e. The van der Waals surface area contributed by atoms with Crippen molar-refractivity contribution in [2.45, 2.75) is 33.2 Å². The summed E-state index contributed by atoms with van der Waals surface area (Å²) in [5, 5.41) is 5.93. The zero-order chi connectivity index (χ0) is 23.6. The Balaban J connectivity index is 1.50. The van der Waals surface area contributed by atoms with Gasteiger partial charge in [0.25, 0.3) is 0 Å². The van der Waals surface area contributed by atoms with Gasteiger partial charge in [-0.2, -0.15) is 4.98 Å². The number of carbonyl (C=O) groups is 1. The number of aromatic nitrogens is 3. The maximum atomic E-state index is 12.5. The normalized spacial score (nSPS) is 13.3. The Morgan fingerprint density at radius 3 is 2.67 bits per heavy atom. The average Bonchev–Trinajstić information content (AvgIpc) is 2.75. The number of fused-ring (bicyclic) bond motifs is 1. The van der Waals surface area contributed by atoms with Gasteiger partial charge in [0.05, 0.1) is 0 Å². The van der Waals surface area contributed by atoms with Crippen molar-refractivity contribution in [3.63, 3.8) is 0 Å². The molecule has 0 saturated heterocycles. The van der Waals surface area contributed by atoms with Crippen LogP contribution >= 0.6 is 0 Å². The lowest BCUT2D eigenvalue weighted by molar-refractivity contribution is -0.274. The lowest BCUT2D eigenvalue weighted by atomic mass is 10.00. The number of nitrogens with zero attached hydrogens (tertiary/aromatic N) is 4. The number of benzene rings is 2. The highest BCUT2D eigenvalue weighted by Gasteiger charge is 2.31. The molecule has 11 heteroatoms. The summed E-state index contributed by atoms with van der Waals surface area (Å²) in [5.74, 6) is 0.394. The number of hydrogen-bond donors (Lipinski definition) is 2. The molecule has 0 radical (unpaired) electrons. The van der Waals surface area contributed by atoms with Crippen LogP contribution in [0.15, 0.2) is 42.7 Å². The Bertz CT molecular complexity index is 1190. The third-order valence-corrected chi connectivity index (χ3v) is 5.16. The zero-order valence-electron chi connectivity index (χ0n) is 17.9. The molecule has 3 aromatic rings. The topological polar surface area (TPSA) is 92.3 Å². The van der Waals surface area contributed by atoms with E-state index in [4.69, 9.17) is 0 Å². The van der Waals surface area contributed by atoms with Crippen LogP contribution < -0.4 is 20.3 Å². The van der Waals surface area contributed by atoms with E-state index in [1.165, 1.54) is 25.4 Å². The van der Waals surface area contributed by atoms with Gasteiger partial charge in [-0.3, -0.25) is 4.79 Å². The molecule has 0 bridgehead atoms. The van der Waals surface area contributed by atoms with Gasteiger partial charge in [-0.1, -0.05) is 12.1 Å². The first kappa shape index (κ1) is 22.3. The van der Waals surface area contributed by atoms with Gasteiger partial charge in [-0.15, -0.1) is 13.2 Å². The summed E-state index contributed by atoms with van der Waals surface area (Å²) in [6.07, 6.45) is -2.80. The van der Waals surface area contributed by atoms with E-state index in [1.54, 1.807) is 18.2 Å². The predicted octanol–water partition coefficient (Wildman–Crippen LogP) is 4.34. The highest BCUT2D eigenvalue weighted by atomic mass is 19.4. The van der Waals surface area contributed by atoms with Gasteiger partial charge >= 0.3 is 6.36 Å². The van der Waals surface area contributed by atoms with Crippen molar-refractivity contribution in [3.8, 4) is 5.75 Å². The summed E-state index contributed by atoms with van der Waals surface area (Å²) in [6.45, 7) is 4.29. The van der Waals surface area contributed by atoms with Crippen molar-refractivity contribution in [1.29, 1.82) is 0 Å². The molecule has 2 N–H and O–H groups in total. The molecule has 2 heterocycles. The highest BCUT2D eigenvalue weighted by molar-refractivity contribution is 5.90. The third-order valence-electron chi connectivity index (χ3n) is 5.16. The SMILES string of the molecule is CC(=O)Nc1cccc(Nc2ncnc(N3CCc4cc(OC(F)(F)F)ccc4C3)n2)c1C. The quantitative estimate of drug-likeness (QED) is 0.588. The van der Waals surface area contributed by atoms with Crippen LogP contribution in [0.5, 0.6) is 5.75 Å². The predicted molar refractivity (Wildman–Crippen MR) is 116 cm³/mol. The van der Waals surface area contributed by atoms with E-state index in [9.17, 15) is 18.0 Å². The van der Waals surface area contributed by atoms with Crippen molar-refractivity contribution in [2.24, 2.45) is 0 Å². The standard InChI is InChI=1S/C22H21F3N6O2/c1-13-18(28-14(2)32)4-3-5-19(13)29-20-26-12-27-21(30-20)31-9-8-15-10-17(33-22(23,24)25)7-6-16(15)11-31/h3-7,10,12H,8-9,11H2,1-2H3,(H,28,32)(H,26,27,29,30). The van der Waals surface area contributed by atoms with Crippen molar-refractivity contribution in [2.75, 3.05) is 22.1 Å². The minimum atomic E-state index is -4.72. The Kier molecular flexibility index (Phi) is 6.03. The second-order valence-electron chi connectivity index (χ2n) is 7.54. The molecule has 0 aliphatic carbocycles. The van der Waals surface area contributed by atoms with E-state index >= 15 is 0 Å². The van der Waals surface area contributed by atoms with Gasteiger partial charge in [0.1, 0.15) is 12.1 Å². The average molecular weight is 458 g/mol. The molecule has 0 saturated carbocycles. The molecule has 2 aromatic carbocycles. The minimum absolute atomic E-state index is 0.167. The number of hydrogen-bond acceptors (Lipinski definition) is 7. The second kappa shape index (κ2) is 8.93. The Morgan fingerprint density at radius 1 is 1.12 bits per heavy atom. The molecule has 0 unspecified atom stereocenters.